The number of anilines is 1. The first kappa shape index (κ1) is 15.2. The van der Waals surface area contributed by atoms with Crippen LogP contribution in [0, 0.1) is 0 Å². The van der Waals surface area contributed by atoms with Gasteiger partial charge in [-0.3, -0.25) is 4.98 Å². The number of alkyl halides is 4. The van der Waals surface area contributed by atoms with Crippen molar-refractivity contribution in [3.05, 3.63) is 24.3 Å². The number of aromatic nitrogens is 3. The minimum Gasteiger partial charge on any atom is -0.397 e. The van der Waals surface area contributed by atoms with E-state index in [0.29, 0.717) is 5.56 Å². The molecule has 0 saturated carbocycles. The van der Waals surface area contributed by atoms with Gasteiger partial charge in [-0.05, 0) is 6.07 Å². The normalized spacial score (nSPS) is 12.0. The second-order valence-electron chi connectivity index (χ2n) is 4.03. The first-order valence-electron chi connectivity index (χ1n) is 5.66. The number of halogens is 4. The molecule has 10 heteroatoms. The Labute approximate surface area is 115 Å². The van der Waals surface area contributed by atoms with Crippen molar-refractivity contribution in [2.75, 3.05) is 12.3 Å². The van der Waals surface area contributed by atoms with E-state index in [0.717, 1.165) is 0 Å². The third kappa shape index (κ3) is 3.66. The molecule has 2 heterocycles. The van der Waals surface area contributed by atoms with Crippen LogP contribution in [0.4, 0.5) is 23.2 Å². The van der Waals surface area contributed by atoms with Crippen molar-refractivity contribution >= 4 is 5.69 Å². The third-order valence-corrected chi connectivity index (χ3v) is 2.40. The Bertz CT molecular complexity index is 605. The maximum absolute atomic E-state index is 12.6. The average molecular weight is 306 g/mol. The molecular weight excluding hydrogens is 296 g/mol. The Morgan fingerprint density at radius 3 is 2.81 bits per heavy atom. The lowest BCUT2D eigenvalue weighted by atomic mass is 10.2. The molecule has 0 radical (unpaired) electrons. The molecule has 0 bridgehead atoms. The summed E-state index contributed by atoms with van der Waals surface area (Å²) < 4.78 is 58.4. The first-order valence-corrected chi connectivity index (χ1v) is 5.66. The topological polar surface area (TPSA) is 87.1 Å². The van der Waals surface area contributed by atoms with Crippen LogP contribution in [0.1, 0.15) is 5.82 Å². The van der Waals surface area contributed by atoms with Gasteiger partial charge in [-0.15, -0.1) is 0 Å². The summed E-state index contributed by atoms with van der Waals surface area (Å²) in [6.45, 7) is -1.93. The van der Waals surface area contributed by atoms with Crippen LogP contribution in [0.2, 0.25) is 0 Å². The molecule has 6 nitrogen and oxygen atoms in total. The molecule has 0 aliphatic heterocycles. The molecule has 0 fully saturated rings. The van der Waals surface area contributed by atoms with Gasteiger partial charge >= 0.3 is 12.3 Å². The van der Waals surface area contributed by atoms with Crippen molar-refractivity contribution in [1.29, 1.82) is 0 Å². The monoisotopic (exact) mass is 306 g/mol. The largest absolute Gasteiger partial charge is 0.397 e. The van der Waals surface area contributed by atoms with Gasteiger partial charge in [0.15, 0.2) is 5.82 Å². The summed E-state index contributed by atoms with van der Waals surface area (Å²) in [6, 6.07) is 1.53. The Morgan fingerprint density at radius 2 is 2.14 bits per heavy atom. The zero-order valence-electron chi connectivity index (χ0n) is 10.5. The number of nitrogens with two attached hydrogens (primary N) is 1. The highest BCUT2D eigenvalue weighted by Gasteiger charge is 2.41. The van der Waals surface area contributed by atoms with Gasteiger partial charge in [0.2, 0.25) is 0 Å². The Balaban J connectivity index is 1.97. The molecule has 21 heavy (non-hydrogen) atoms. The molecule has 0 aromatic carbocycles. The number of nitrogens with zero attached hydrogens (tertiary/aromatic N) is 3. The summed E-state index contributed by atoms with van der Waals surface area (Å²) in [6.07, 6.45) is -0.969. The summed E-state index contributed by atoms with van der Waals surface area (Å²) >= 11 is 0. The van der Waals surface area contributed by atoms with Gasteiger partial charge in [0.25, 0.3) is 5.89 Å². The van der Waals surface area contributed by atoms with Crippen LogP contribution in [0.25, 0.3) is 11.5 Å². The van der Waals surface area contributed by atoms with Crippen LogP contribution in [0.5, 0.6) is 0 Å². The molecular formula is C11H10F4N4O2. The Kier molecular flexibility index (Phi) is 4.36. The van der Waals surface area contributed by atoms with Gasteiger partial charge in [-0.1, -0.05) is 5.16 Å². The molecule has 0 unspecified atom stereocenters. The molecule has 2 aromatic rings. The van der Waals surface area contributed by atoms with Crippen LogP contribution in [0.3, 0.4) is 0 Å². The van der Waals surface area contributed by atoms with E-state index in [4.69, 9.17) is 10.3 Å². The molecule has 2 aromatic heterocycles. The van der Waals surface area contributed by atoms with Crippen molar-refractivity contribution in [3.63, 3.8) is 0 Å². The predicted molar refractivity (Wildman–Crippen MR) is 62.5 cm³/mol. The van der Waals surface area contributed by atoms with E-state index in [1.165, 1.54) is 18.5 Å². The van der Waals surface area contributed by atoms with E-state index in [9.17, 15) is 17.6 Å². The van der Waals surface area contributed by atoms with E-state index in [1.807, 2.05) is 0 Å². The van der Waals surface area contributed by atoms with E-state index < -0.39 is 25.6 Å². The number of hydrogen-bond acceptors (Lipinski definition) is 6. The minimum absolute atomic E-state index is 0.0501. The predicted octanol–water partition coefficient (Wildman–Crippen LogP) is 2.13. The lowest BCUT2D eigenvalue weighted by Gasteiger charge is -2.14. The lowest BCUT2D eigenvalue weighted by molar-refractivity contribution is -0.168. The fourth-order valence-electron chi connectivity index (χ4n) is 1.36. The molecule has 0 amide bonds. The number of hydrogen-bond donors (Lipinski definition) is 1. The molecule has 0 aliphatic carbocycles. The summed E-state index contributed by atoms with van der Waals surface area (Å²) in [4.78, 5) is 7.64. The molecule has 0 aliphatic rings. The van der Waals surface area contributed by atoms with Crippen molar-refractivity contribution in [1.82, 2.24) is 15.1 Å². The number of rotatable bonds is 6. The van der Waals surface area contributed by atoms with Crippen LogP contribution in [-0.2, 0) is 11.3 Å². The molecule has 2 N–H and O–H groups in total. The number of pyridine rings is 1. The van der Waals surface area contributed by atoms with Crippen LogP contribution < -0.4 is 5.73 Å². The summed E-state index contributed by atoms with van der Waals surface area (Å²) in [5.74, 6) is -4.23. The van der Waals surface area contributed by atoms with Gasteiger partial charge in [0.1, 0.15) is 13.2 Å². The van der Waals surface area contributed by atoms with Crippen LogP contribution in [0.15, 0.2) is 23.0 Å². The fraction of sp³-hybridized carbons (Fsp3) is 0.364. The number of ether oxygens (including phenoxy) is 1. The maximum atomic E-state index is 12.6. The van der Waals surface area contributed by atoms with Crippen molar-refractivity contribution in [3.8, 4) is 11.5 Å². The van der Waals surface area contributed by atoms with Gasteiger partial charge in [-0.2, -0.15) is 13.8 Å². The van der Waals surface area contributed by atoms with Gasteiger partial charge in [-0.25, -0.2) is 8.78 Å². The number of nitrogen functional groups attached to an aromatic ring is 1. The van der Waals surface area contributed by atoms with E-state index in [2.05, 4.69) is 19.9 Å². The van der Waals surface area contributed by atoms with Crippen LogP contribution >= 0.6 is 0 Å². The van der Waals surface area contributed by atoms with Gasteiger partial charge in [0.05, 0.1) is 17.4 Å². The maximum Gasteiger partial charge on any atom is 0.330 e. The highest BCUT2D eigenvalue weighted by molar-refractivity contribution is 5.68. The van der Waals surface area contributed by atoms with Crippen molar-refractivity contribution in [2.24, 2.45) is 0 Å². The van der Waals surface area contributed by atoms with Crippen molar-refractivity contribution < 1.29 is 26.8 Å². The SMILES string of the molecule is Nc1cnccc1-c1nc(COCC(F)(F)C(F)F)no1. The third-order valence-electron chi connectivity index (χ3n) is 2.40. The quantitative estimate of drug-likeness (QED) is 0.823. The zero-order chi connectivity index (χ0) is 15.5. The smallest absolute Gasteiger partial charge is 0.330 e. The summed E-state index contributed by atoms with van der Waals surface area (Å²) in [5.41, 5.74) is 6.36. The second kappa shape index (κ2) is 6.04. The standard InChI is InChI=1S/C11H10F4N4O2/c12-10(13)11(14,15)5-20-4-8-18-9(21-19-8)6-1-2-17-3-7(6)16/h1-3,10H,4-5,16H2. The van der Waals surface area contributed by atoms with E-state index in [-0.39, 0.29) is 17.4 Å². The molecule has 2 rings (SSSR count). The summed E-state index contributed by atoms with van der Waals surface area (Å²) in [7, 11) is 0. The van der Waals surface area contributed by atoms with E-state index in [1.54, 1.807) is 0 Å². The van der Waals surface area contributed by atoms with Crippen molar-refractivity contribution in [2.45, 2.75) is 19.0 Å². The van der Waals surface area contributed by atoms with Crippen LogP contribution in [-0.4, -0.2) is 34.1 Å². The molecule has 0 saturated heterocycles. The lowest BCUT2D eigenvalue weighted by Crippen LogP contribution is -2.32. The van der Waals surface area contributed by atoms with Gasteiger partial charge in [0, 0.05) is 6.20 Å². The molecule has 0 atom stereocenters. The molecule has 114 valence electrons. The highest BCUT2D eigenvalue weighted by atomic mass is 19.3. The average Bonchev–Trinajstić information content (AvgIpc) is 2.87. The summed E-state index contributed by atoms with van der Waals surface area (Å²) in [5, 5.41) is 3.48. The molecule has 0 spiro atoms. The highest BCUT2D eigenvalue weighted by Crippen LogP contribution is 2.24. The second-order valence-corrected chi connectivity index (χ2v) is 4.03. The Morgan fingerprint density at radius 1 is 1.38 bits per heavy atom. The van der Waals surface area contributed by atoms with E-state index >= 15 is 0 Å². The Hall–Kier alpha value is -2.23. The minimum atomic E-state index is -4.22. The van der Waals surface area contributed by atoms with Gasteiger partial charge < -0.3 is 15.0 Å². The zero-order valence-corrected chi connectivity index (χ0v) is 10.5. The first-order chi connectivity index (χ1) is 9.90. The fourth-order valence-corrected chi connectivity index (χ4v) is 1.36.